The summed E-state index contributed by atoms with van der Waals surface area (Å²) >= 11 is 1.72. The minimum absolute atomic E-state index is 0. The van der Waals surface area contributed by atoms with Crippen LogP contribution >= 0.6 is 24.2 Å². The molecule has 1 fully saturated rings. The third-order valence-electron chi connectivity index (χ3n) is 3.98. The standard InChI is InChI=1S/C16H22N4O2S.ClH/c1-21-14-4-2-3-13(9-14)20-15(10-17)18-19-16(20)23-8-6-12-5-7-22-11-12;/h2-4,9,12H,5-8,10-11,17H2,1H3;1H. The highest BCUT2D eigenvalue weighted by molar-refractivity contribution is 7.99. The Balaban J connectivity index is 0.00000208. The Morgan fingerprint density at radius 3 is 3.00 bits per heavy atom. The van der Waals surface area contributed by atoms with Crippen LogP contribution in [0.25, 0.3) is 5.69 Å². The van der Waals surface area contributed by atoms with E-state index in [9.17, 15) is 0 Å². The van der Waals surface area contributed by atoms with E-state index < -0.39 is 0 Å². The Kier molecular flexibility index (Phi) is 7.36. The monoisotopic (exact) mass is 370 g/mol. The number of ether oxygens (including phenoxy) is 2. The van der Waals surface area contributed by atoms with Gasteiger partial charge < -0.3 is 15.2 Å². The number of rotatable bonds is 7. The number of benzene rings is 1. The van der Waals surface area contributed by atoms with Crippen molar-refractivity contribution in [1.29, 1.82) is 0 Å². The van der Waals surface area contributed by atoms with Crippen LogP contribution in [0.4, 0.5) is 0 Å². The van der Waals surface area contributed by atoms with Crippen molar-refractivity contribution in [2.45, 2.75) is 24.5 Å². The average Bonchev–Trinajstić information content (AvgIpc) is 3.24. The number of aromatic nitrogens is 3. The molecule has 132 valence electrons. The van der Waals surface area contributed by atoms with E-state index in [4.69, 9.17) is 15.2 Å². The van der Waals surface area contributed by atoms with E-state index in [0.29, 0.717) is 12.5 Å². The van der Waals surface area contributed by atoms with Gasteiger partial charge in [0.15, 0.2) is 11.0 Å². The molecule has 0 bridgehead atoms. The van der Waals surface area contributed by atoms with Gasteiger partial charge >= 0.3 is 0 Å². The van der Waals surface area contributed by atoms with Crippen LogP contribution in [-0.2, 0) is 11.3 Å². The molecule has 8 heteroatoms. The molecule has 1 aromatic heterocycles. The average molecular weight is 371 g/mol. The molecule has 1 unspecified atom stereocenters. The summed E-state index contributed by atoms with van der Waals surface area (Å²) in [6.07, 6.45) is 2.30. The lowest BCUT2D eigenvalue weighted by Crippen LogP contribution is -2.08. The van der Waals surface area contributed by atoms with E-state index in [2.05, 4.69) is 10.2 Å². The van der Waals surface area contributed by atoms with Crippen LogP contribution in [-0.4, -0.2) is 40.8 Å². The van der Waals surface area contributed by atoms with E-state index in [1.807, 2.05) is 28.8 Å². The van der Waals surface area contributed by atoms with Crippen LogP contribution in [0.5, 0.6) is 5.75 Å². The van der Waals surface area contributed by atoms with E-state index in [0.717, 1.165) is 54.2 Å². The molecule has 6 nitrogen and oxygen atoms in total. The molecule has 3 rings (SSSR count). The highest BCUT2D eigenvalue weighted by atomic mass is 35.5. The largest absolute Gasteiger partial charge is 0.497 e. The summed E-state index contributed by atoms with van der Waals surface area (Å²) in [6, 6.07) is 7.86. The quantitative estimate of drug-likeness (QED) is 0.755. The summed E-state index contributed by atoms with van der Waals surface area (Å²) in [5, 5.41) is 9.40. The first kappa shape index (κ1) is 19.1. The van der Waals surface area contributed by atoms with Crippen molar-refractivity contribution >= 4 is 24.2 Å². The predicted molar refractivity (Wildman–Crippen MR) is 97.3 cm³/mol. The molecule has 1 aliphatic heterocycles. The van der Waals surface area contributed by atoms with Gasteiger partial charge in [-0.1, -0.05) is 17.8 Å². The van der Waals surface area contributed by atoms with E-state index in [1.54, 1.807) is 18.9 Å². The predicted octanol–water partition coefficient (Wildman–Crippen LogP) is 2.68. The molecule has 0 saturated carbocycles. The van der Waals surface area contributed by atoms with Crippen LogP contribution in [0.1, 0.15) is 18.7 Å². The van der Waals surface area contributed by atoms with Gasteiger partial charge in [0.25, 0.3) is 0 Å². The number of hydrogen-bond donors (Lipinski definition) is 1. The highest BCUT2D eigenvalue weighted by Gasteiger charge is 2.17. The SMILES string of the molecule is COc1cccc(-n2c(CN)nnc2SCCC2CCOC2)c1.Cl. The topological polar surface area (TPSA) is 75.2 Å². The second-order valence-corrected chi connectivity index (χ2v) is 6.57. The van der Waals surface area contributed by atoms with Crippen LogP contribution in [0.2, 0.25) is 0 Å². The maximum atomic E-state index is 5.82. The Morgan fingerprint density at radius 1 is 1.42 bits per heavy atom. The zero-order valence-corrected chi connectivity index (χ0v) is 15.3. The summed E-state index contributed by atoms with van der Waals surface area (Å²) in [5.74, 6) is 3.23. The third-order valence-corrected chi connectivity index (χ3v) is 4.94. The third kappa shape index (κ3) is 4.42. The molecule has 1 atom stereocenters. The number of hydrogen-bond acceptors (Lipinski definition) is 6. The second kappa shape index (κ2) is 9.27. The number of methoxy groups -OCH3 is 1. The van der Waals surface area contributed by atoms with Gasteiger partial charge in [-0.25, -0.2) is 0 Å². The number of halogens is 1. The van der Waals surface area contributed by atoms with Crippen molar-refractivity contribution in [2.24, 2.45) is 11.7 Å². The van der Waals surface area contributed by atoms with Crippen LogP contribution < -0.4 is 10.5 Å². The fourth-order valence-electron chi connectivity index (χ4n) is 2.66. The summed E-state index contributed by atoms with van der Waals surface area (Å²) in [4.78, 5) is 0. The summed E-state index contributed by atoms with van der Waals surface area (Å²) in [6.45, 7) is 2.13. The molecule has 0 aliphatic carbocycles. The molecule has 2 N–H and O–H groups in total. The van der Waals surface area contributed by atoms with Gasteiger partial charge in [-0.3, -0.25) is 4.57 Å². The molecule has 0 spiro atoms. The number of nitrogens with two attached hydrogens (primary N) is 1. The van der Waals surface area contributed by atoms with Crippen molar-refractivity contribution in [3.63, 3.8) is 0 Å². The minimum atomic E-state index is 0. The summed E-state index contributed by atoms with van der Waals surface area (Å²) in [7, 11) is 1.66. The van der Waals surface area contributed by atoms with E-state index in [-0.39, 0.29) is 12.4 Å². The second-order valence-electron chi connectivity index (χ2n) is 5.51. The zero-order valence-electron chi connectivity index (χ0n) is 13.7. The first-order valence-electron chi connectivity index (χ1n) is 7.81. The molecular weight excluding hydrogens is 348 g/mol. The lowest BCUT2D eigenvalue weighted by molar-refractivity contribution is 0.185. The molecule has 1 saturated heterocycles. The lowest BCUT2D eigenvalue weighted by atomic mass is 10.1. The molecule has 2 aromatic rings. The highest BCUT2D eigenvalue weighted by Crippen LogP contribution is 2.27. The van der Waals surface area contributed by atoms with Crippen LogP contribution in [0.3, 0.4) is 0 Å². The first-order valence-corrected chi connectivity index (χ1v) is 8.79. The molecular formula is C16H23ClN4O2S. The number of nitrogens with zero attached hydrogens (tertiary/aromatic N) is 3. The number of thioether (sulfide) groups is 1. The summed E-state index contributed by atoms with van der Waals surface area (Å²) < 4.78 is 12.7. The molecule has 2 heterocycles. The maximum Gasteiger partial charge on any atom is 0.195 e. The van der Waals surface area contributed by atoms with Crippen molar-refractivity contribution in [3.8, 4) is 11.4 Å². The fraction of sp³-hybridized carbons (Fsp3) is 0.500. The van der Waals surface area contributed by atoms with Gasteiger partial charge in [0.05, 0.1) is 19.3 Å². The maximum absolute atomic E-state index is 5.82. The van der Waals surface area contributed by atoms with Crippen molar-refractivity contribution in [2.75, 3.05) is 26.1 Å². The smallest absolute Gasteiger partial charge is 0.195 e. The summed E-state index contributed by atoms with van der Waals surface area (Å²) in [5.41, 5.74) is 6.79. The van der Waals surface area contributed by atoms with E-state index >= 15 is 0 Å². The van der Waals surface area contributed by atoms with Gasteiger partial charge in [-0.15, -0.1) is 22.6 Å². The molecule has 0 amide bonds. The Labute approximate surface area is 152 Å². The van der Waals surface area contributed by atoms with Gasteiger partial charge in [-0.2, -0.15) is 0 Å². The Morgan fingerprint density at radius 2 is 2.29 bits per heavy atom. The van der Waals surface area contributed by atoms with Gasteiger partial charge in [0, 0.05) is 25.0 Å². The molecule has 24 heavy (non-hydrogen) atoms. The molecule has 0 radical (unpaired) electrons. The minimum Gasteiger partial charge on any atom is -0.497 e. The van der Waals surface area contributed by atoms with E-state index in [1.165, 1.54) is 0 Å². The van der Waals surface area contributed by atoms with Crippen LogP contribution in [0, 0.1) is 5.92 Å². The fourth-order valence-corrected chi connectivity index (χ4v) is 3.73. The van der Waals surface area contributed by atoms with Crippen molar-refractivity contribution in [1.82, 2.24) is 14.8 Å². The molecule has 1 aromatic carbocycles. The van der Waals surface area contributed by atoms with Crippen molar-refractivity contribution in [3.05, 3.63) is 30.1 Å². The van der Waals surface area contributed by atoms with Gasteiger partial charge in [0.2, 0.25) is 0 Å². The normalized spacial score (nSPS) is 16.8. The lowest BCUT2D eigenvalue weighted by Gasteiger charge is -2.11. The van der Waals surface area contributed by atoms with Gasteiger partial charge in [-0.05, 0) is 30.9 Å². The Bertz CT molecular complexity index is 647. The zero-order chi connectivity index (χ0) is 16.1. The van der Waals surface area contributed by atoms with Crippen molar-refractivity contribution < 1.29 is 9.47 Å². The first-order chi connectivity index (χ1) is 11.3. The van der Waals surface area contributed by atoms with Gasteiger partial charge in [0.1, 0.15) is 5.75 Å². The Hall–Kier alpha value is -1.28. The van der Waals surface area contributed by atoms with Crippen LogP contribution in [0.15, 0.2) is 29.4 Å². The molecule has 1 aliphatic rings.